The molecule has 0 aliphatic heterocycles. The number of nitrogens with one attached hydrogen (secondary N) is 2. The largest absolute Gasteiger partial charge is 0.454 e. The Labute approximate surface area is 221 Å². The summed E-state index contributed by atoms with van der Waals surface area (Å²) < 4.78 is 59.9. The standard InChI is InChI=1S/C25H13Cl3F4N2O3/c26-16-6-3-7-19(29)21(16)23(35)34-24(36)33-12-10-17(27)22(18(28)11-12)37-20-9-8-15(25(30,31)32)13-4-1-2-5-14(13)20/h1-11H,(H2,33,34,35,36). The van der Waals surface area contributed by atoms with Gasteiger partial charge in [0.2, 0.25) is 0 Å². The maximum Gasteiger partial charge on any atom is 0.417 e. The van der Waals surface area contributed by atoms with Crippen LogP contribution < -0.4 is 15.4 Å². The number of ether oxygens (including phenoxy) is 1. The van der Waals surface area contributed by atoms with Crippen LogP contribution in [-0.2, 0) is 6.18 Å². The molecule has 12 heteroatoms. The summed E-state index contributed by atoms with van der Waals surface area (Å²) in [7, 11) is 0. The Morgan fingerprint density at radius 2 is 1.46 bits per heavy atom. The smallest absolute Gasteiger partial charge is 0.417 e. The number of fused-ring (bicyclic) bond motifs is 1. The summed E-state index contributed by atoms with van der Waals surface area (Å²) in [6, 6.07) is 12.9. The van der Waals surface area contributed by atoms with Crippen molar-refractivity contribution in [3.8, 4) is 11.5 Å². The first-order chi connectivity index (χ1) is 17.5. The lowest BCUT2D eigenvalue weighted by Gasteiger charge is -2.16. The quantitative estimate of drug-likeness (QED) is 0.241. The molecule has 3 amide bonds. The molecule has 0 spiro atoms. The SMILES string of the molecule is O=C(NC(=O)c1c(F)cccc1Cl)Nc1cc(Cl)c(Oc2ccc(C(F)(F)F)c3ccccc23)c(Cl)c1. The number of hydrogen-bond donors (Lipinski definition) is 2. The van der Waals surface area contributed by atoms with Crippen LogP contribution in [0.2, 0.25) is 15.1 Å². The maximum atomic E-state index is 13.9. The molecule has 0 saturated heterocycles. The van der Waals surface area contributed by atoms with Gasteiger partial charge in [-0.25, -0.2) is 9.18 Å². The topological polar surface area (TPSA) is 67.4 Å². The van der Waals surface area contributed by atoms with Crippen LogP contribution in [0.15, 0.2) is 66.7 Å². The molecule has 37 heavy (non-hydrogen) atoms. The highest BCUT2D eigenvalue weighted by Gasteiger charge is 2.33. The van der Waals surface area contributed by atoms with Crippen molar-refractivity contribution >= 4 is 63.2 Å². The fourth-order valence-corrected chi connectivity index (χ4v) is 4.30. The monoisotopic (exact) mass is 570 g/mol. The van der Waals surface area contributed by atoms with Crippen LogP contribution in [0.5, 0.6) is 11.5 Å². The number of carbonyl (C=O) groups is 2. The minimum atomic E-state index is -4.57. The van der Waals surface area contributed by atoms with E-state index in [0.29, 0.717) is 0 Å². The molecule has 0 unspecified atom stereocenters. The molecule has 0 atom stereocenters. The van der Waals surface area contributed by atoms with Crippen molar-refractivity contribution in [3.63, 3.8) is 0 Å². The molecule has 0 aromatic heterocycles. The van der Waals surface area contributed by atoms with E-state index in [1.54, 1.807) is 6.07 Å². The van der Waals surface area contributed by atoms with Crippen LogP contribution >= 0.6 is 34.8 Å². The van der Waals surface area contributed by atoms with Gasteiger partial charge >= 0.3 is 12.2 Å². The Bertz CT molecular complexity index is 1500. The fraction of sp³-hybridized carbons (Fsp3) is 0.0400. The van der Waals surface area contributed by atoms with Gasteiger partial charge in [-0.05, 0) is 41.8 Å². The van der Waals surface area contributed by atoms with Gasteiger partial charge in [-0.15, -0.1) is 0 Å². The van der Waals surface area contributed by atoms with Crippen molar-refractivity contribution < 1.29 is 31.9 Å². The van der Waals surface area contributed by atoms with Crippen molar-refractivity contribution in [2.75, 3.05) is 5.32 Å². The van der Waals surface area contributed by atoms with Gasteiger partial charge in [0, 0.05) is 11.1 Å². The van der Waals surface area contributed by atoms with Crippen LogP contribution in [0.4, 0.5) is 28.0 Å². The average molecular weight is 572 g/mol. The maximum absolute atomic E-state index is 13.9. The number of amides is 3. The van der Waals surface area contributed by atoms with Crippen molar-refractivity contribution in [3.05, 3.63) is 98.7 Å². The predicted molar refractivity (Wildman–Crippen MR) is 133 cm³/mol. The summed E-state index contributed by atoms with van der Waals surface area (Å²) in [4.78, 5) is 24.5. The normalized spacial score (nSPS) is 11.3. The highest BCUT2D eigenvalue weighted by molar-refractivity contribution is 6.38. The first-order valence-corrected chi connectivity index (χ1v) is 11.4. The minimum Gasteiger partial charge on any atom is -0.454 e. The lowest BCUT2D eigenvalue weighted by molar-refractivity contribution is -0.136. The lowest BCUT2D eigenvalue weighted by Crippen LogP contribution is -2.35. The number of benzene rings is 4. The molecule has 4 aromatic carbocycles. The van der Waals surface area contributed by atoms with Gasteiger partial charge in [-0.2, -0.15) is 13.2 Å². The number of carbonyl (C=O) groups excluding carboxylic acids is 2. The molecule has 0 bridgehead atoms. The molecule has 4 rings (SSSR count). The van der Waals surface area contributed by atoms with Crippen molar-refractivity contribution in [1.29, 1.82) is 0 Å². The first kappa shape index (κ1) is 26.5. The first-order valence-electron chi connectivity index (χ1n) is 10.3. The summed E-state index contributed by atoms with van der Waals surface area (Å²) in [6.07, 6.45) is -4.57. The number of halogens is 7. The van der Waals surface area contributed by atoms with Gasteiger partial charge in [0.05, 0.1) is 26.2 Å². The van der Waals surface area contributed by atoms with E-state index >= 15 is 0 Å². The van der Waals surface area contributed by atoms with E-state index in [0.717, 1.165) is 18.2 Å². The van der Waals surface area contributed by atoms with Crippen molar-refractivity contribution in [1.82, 2.24) is 5.32 Å². The Morgan fingerprint density at radius 1 is 0.811 bits per heavy atom. The Hall–Kier alpha value is -3.53. The summed E-state index contributed by atoms with van der Waals surface area (Å²) in [5.41, 5.74) is -1.29. The summed E-state index contributed by atoms with van der Waals surface area (Å²) in [5.74, 6) is -2.00. The van der Waals surface area contributed by atoms with Crippen LogP contribution in [-0.4, -0.2) is 11.9 Å². The Balaban J connectivity index is 1.56. The highest BCUT2D eigenvalue weighted by atomic mass is 35.5. The van der Waals surface area contributed by atoms with Crippen LogP contribution in [0, 0.1) is 5.82 Å². The zero-order chi connectivity index (χ0) is 26.9. The Kier molecular flexibility index (Phi) is 7.49. The van der Waals surface area contributed by atoms with Gasteiger partial charge in [-0.1, -0.05) is 65.1 Å². The molecular formula is C25H13Cl3F4N2O3. The van der Waals surface area contributed by atoms with Crippen LogP contribution in [0.1, 0.15) is 15.9 Å². The molecule has 5 nitrogen and oxygen atoms in total. The van der Waals surface area contributed by atoms with Gasteiger partial charge in [0.15, 0.2) is 5.75 Å². The third kappa shape index (κ3) is 5.74. The van der Waals surface area contributed by atoms with E-state index in [9.17, 15) is 27.2 Å². The molecule has 0 heterocycles. The van der Waals surface area contributed by atoms with E-state index in [1.165, 1.54) is 42.5 Å². The van der Waals surface area contributed by atoms with Crippen LogP contribution in [0.25, 0.3) is 10.8 Å². The zero-order valence-corrected chi connectivity index (χ0v) is 20.5. The molecule has 0 fully saturated rings. The van der Waals surface area contributed by atoms with Crippen molar-refractivity contribution in [2.24, 2.45) is 0 Å². The molecule has 0 radical (unpaired) electrons. The molecule has 4 aromatic rings. The van der Waals surface area contributed by atoms with Crippen LogP contribution in [0.3, 0.4) is 0 Å². The zero-order valence-electron chi connectivity index (χ0n) is 18.2. The molecule has 0 aliphatic carbocycles. The van der Waals surface area contributed by atoms with E-state index in [2.05, 4.69) is 5.32 Å². The second-order valence-electron chi connectivity index (χ2n) is 7.53. The number of alkyl halides is 3. The van der Waals surface area contributed by atoms with E-state index < -0.39 is 35.1 Å². The third-order valence-corrected chi connectivity index (χ3v) is 5.95. The van der Waals surface area contributed by atoms with Crippen molar-refractivity contribution in [2.45, 2.75) is 6.18 Å². The number of rotatable bonds is 4. The minimum absolute atomic E-state index is 0.0459. The van der Waals surface area contributed by atoms with E-state index in [1.807, 2.05) is 5.32 Å². The third-order valence-electron chi connectivity index (χ3n) is 5.07. The molecule has 190 valence electrons. The fourth-order valence-electron chi connectivity index (χ4n) is 3.49. The van der Waals surface area contributed by atoms with E-state index in [4.69, 9.17) is 39.5 Å². The van der Waals surface area contributed by atoms with Gasteiger partial charge in [0.25, 0.3) is 5.91 Å². The molecule has 0 saturated carbocycles. The second-order valence-corrected chi connectivity index (χ2v) is 8.75. The average Bonchev–Trinajstić information content (AvgIpc) is 2.80. The van der Waals surface area contributed by atoms with E-state index in [-0.39, 0.29) is 43.0 Å². The summed E-state index contributed by atoms with van der Waals surface area (Å²) >= 11 is 18.4. The lowest BCUT2D eigenvalue weighted by atomic mass is 10.0. The molecule has 0 aliphatic rings. The summed E-state index contributed by atoms with van der Waals surface area (Å²) in [6.45, 7) is 0. The highest BCUT2D eigenvalue weighted by Crippen LogP contribution is 2.43. The number of urea groups is 1. The number of hydrogen-bond acceptors (Lipinski definition) is 3. The van der Waals surface area contributed by atoms with Gasteiger partial charge in [-0.3, -0.25) is 10.1 Å². The molecule has 2 N–H and O–H groups in total. The Morgan fingerprint density at radius 3 is 2.08 bits per heavy atom. The number of imide groups is 1. The summed E-state index contributed by atoms with van der Waals surface area (Å²) in [5, 5.41) is 4.00. The molecular weight excluding hydrogens is 559 g/mol. The van der Waals surface area contributed by atoms with Gasteiger partial charge in [0.1, 0.15) is 11.6 Å². The van der Waals surface area contributed by atoms with Gasteiger partial charge < -0.3 is 10.1 Å². The number of anilines is 1. The second kappa shape index (κ2) is 10.5. The predicted octanol–water partition coefficient (Wildman–Crippen LogP) is 8.71.